The van der Waals surface area contributed by atoms with Crippen LogP contribution in [0.1, 0.15) is 30.0 Å². The van der Waals surface area contributed by atoms with E-state index >= 15 is 0 Å². The first kappa shape index (κ1) is 9.97. The topological polar surface area (TPSA) is 38.0 Å². The van der Waals surface area contributed by atoms with Crippen molar-refractivity contribution in [3.8, 4) is 0 Å². The Bertz CT molecular complexity index is 334. The Morgan fingerprint density at radius 2 is 2.21 bits per heavy atom. The normalized spacial score (nSPS) is 18.2. The highest BCUT2D eigenvalue weighted by Crippen LogP contribution is 2.40. The van der Waals surface area contributed by atoms with Crippen molar-refractivity contribution in [2.75, 3.05) is 0 Å². The van der Waals surface area contributed by atoms with Crippen LogP contribution in [0.3, 0.4) is 0 Å². The van der Waals surface area contributed by atoms with Gasteiger partial charge in [-0.25, -0.2) is 0 Å². The summed E-state index contributed by atoms with van der Waals surface area (Å²) >= 11 is 5.97. The van der Waals surface area contributed by atoms with Crippen molar-refractivity contribution in [1.29, 1.82) is 0 Å². The molecule has 76 valence electrons. The zero-order chi connectivity index (χ0) is 10.1. The van der Waals surface area contributed by atoms with Gasteiger partial charge in [0.25, 0.3) is 0 Å². The fraction of sp³-hybridized carbons (Fsp3) is 0.455. The molecule has 3 N–H and O–H groups in total. The first-order valence-corrected chi connectivity index (χ1v) is 5.32. The van der Waals surface area contributed by atoms with Crippen molar-refractivity contribution in [2.45, 2.75) is 25.8 Å². The Balaban J connectivity index is 2.25. The maximum atomic E-state index is 5.97. The number of aryl methyl sites for hydroxylation is 1. The maximum absolute atomic E-state index is 5.97. The average molecular weight is 211 g/mol. The lowest BCUT2D eigenvalue weighted by Gasteiger charge is -2.16. The predicted molar refractivity (Wildman–Crippen MR) is 59.0 cm³/mol. The summed E-state index contributed by atoms with van der Waals surface area (Å²) in [4.78, 5) is 0. The van der Waals surface area contributed by atoms with Gasteiger partial charge >= 0.3 is 0 Å². The summed E-state index contributed by atoms with van der Waals surface area (Å²) in [6.07, 6.45) is 2.55. The van der Waals surface area contributed by atoms with Crippen molar-refractivity contribution in [3.63, 3.8) is 0 Å². The van der Waals surface area contributed by atoms with E-state index in [9.17, 15) is 0 Å². The van der Waals surface area contributed by atoms with Gasteiger partial charge in [-0.15, -0.1) is 0 Å². The van der Waals surface area contributed by atoms with Crippen LogP contribution in [0.15, 0.2) is 18.2 Å². The molecule has 1 aromatic carbocycles. The lowest BCUT2D eigenvalue weighted by Crippen LogP contribution is -2.29. The van der Waals surface area contributed by atoms with Gasteiger partial charge in [-0.05, 0) is 42.9 Å². The molecule has 0 saturated heterocycles. The fourth-order valence-corrected chi connectivity index (χ4v) is 1.91. The third-order valence-electron chi connectivity index (χ3n) is 2.81. The molecule has 0 heterocycles. The monoisotopic (exact) mass is 210 g/mol. The third-order valence-corrected chi connectivity index (χ3v) is 3.24. The molecule has 0 aliphatic heterocycles. The molecule has 0 amide bonds. The molecule has 2 nitrogen and oxygen atoms in total. The number of hydrazine groups is 1. The van der Waals surface area contributed by atoms with Crippen LogP contribution in [-0.2, 0) is 0 Å². The molecular formula is C11H15ClN2. The van der Waals surface area contributed by atoms with Crippen molar-refractivity contribution >= 4 is 11.6 Å². The number of hydrogen-bond acceptors (Lipinski definition) is 2. The molecule has 1 aliphatic carbocycles. The molecule has 0 aromatic heterocycles. The second-order valence-corrected chi connectivity index (χ2v) is 4.40. The number of halogens is 1. The van der Waals surface area contributed by atoms with Crippen LogP contribution in [0.4, 0.5) is 0 Å². The van der Waals surface area contributed by atoms with E-state index in [1.165, 1.54) is 18.4 Å². The third kappa shape index (κ3) is 1.92. The Kier molecular flexibility index (Phi) is 2.77. The zero-order valence-corrected chi connectivity index (χ0v) is 9.01. The smallest absolute Gasteiger partial charge is 0.0488 e. The number of nitrogens with one attached hydrogen (secondary N) is 1. The summed E-state index contributed by atoms with van der Waals surface area (Å²) in [6.45, 7) is 2.02. The molecular weight excluding hydrogens is 196 g/mol. The van der Waals surface area contributed by atoms with E-state index in [1.54, 1.807) is 0 Å². The van der Waals surface area contributed by atoms with Gasteiger partial charge in [-0.1, -0.05) is 23.7 Å². The van der Waals surface area contributed by atoms with E-state index in [1.807, 2.05) is 13.0 Å². The minimum atomic E-state index is 0.297. The molecule has 1 aliphatic rings. The SMILES string of the molecule is Cc1cc(C(NN)C2CC2)ccc1Cl. The minimum absolute atomic E-state index is 0.297. The number of hydrogen-bond donors (Lipinski definition) is 2. The van der Waals surface area contributed by atoms with Gasteiger partial charge in [0.05, 0.1) is 0 Å². The van der Waals surface area contributed by atoms with E-state index in [2.05, 4.69) is 17.6 Å². The summed E-state index contributed by atoms with van der Waals surface area (Å²) in [7, 11) is 0. The van der Waals surface area contributed by atoms with Gasteiger partial charge < -0.3 is 0 Å². The minimum Gasteiger partial charge on any atom is -0.271 e. The van der Waals surface area contributed by atoms with Crippen LogP contribution >= 0.6 is 11.6 Å². The Morgan fingerprint density at radius 1 is 1.50 bits per heavy atom. The van der Waals surface area contributed by atoms with E-state index in [4.69, 9.17) is 17.4 Å². The lowest BCUT2D eigenvalue weighted by molar-refractivity contribution is 0.496. The van der Waals surface area contributed by atoms with E-state index in [0.29, 0.717) is 12.0 Å². The lowest BCUT2D eigenvalue weighted by atomic mass is 10.0. The Morgan fingerprint density at radius 3 is 2.71 bits per heavy atom. The molecule has 1 fully saturated rings. The van der Waals surface area contributed by atoms with Gasteiger partial charge in [0.1, 0.15) is 0 Å². The van der Waals surface area contributed by atoms with Crippen LogP contribution in [0.2, 0.25) is 5.02 Å². The van der Waals surface area contributed by atoms with Crippen LogP contribution in [0.25, 0.3) is 0 Å². The summed E-state index contributed by atoms with van der Waals surface area (Å²) in [5.41, 5.74) is 5.25. The van der Waals surface area contributed by atoms with E-state index < -0.39 is 0 Å². The van der Waals surface area contributed by atoms with Gasteiger partial charge in [-0.2, -0.15) is 0 Å². The van der Waals surface area contributed by atoms with E-state index in [0.717, 1.165) is 10.6 Å². The van der Waals surface area contributed by atoms with Crippen molar-refractivity contribution < 1.29 is 0 Å². The highest BCUT2D eigenvalue weighted by Gasteiger charge is 2.31. The Hall–Kier alpha value is -0.570. The fourth-order valence-electron chi connectivity index (χ4n) is 1.80. The van der Waals surface area contributed by atoms with Crippen molar-refractivity contribution in [1.82, 2.24) is 5.43 Å². The van der Waals surface area contributed by atoms with Gasteiger partial charge in [0.15, 0.2) is 0 Å². The van der Waals surface area contributed by atoms with Crippen LogP contribution in [0, 0.1) is 12.8 Å². The van der Waals surface area contributed by atoms with E-state index in [-0.39, 0.29) is 0 Å². The number of rotatable bonds is 3. The van der Waals surface area contributed by atoms with Crippen LogP contribution < -0.4 is 11.3 Å². The van der Waals surface area contributed by atoms with Crippen molar-refractivity contribution in [2.24, 2.45) is 11.8 Å². The van der Waals surface area contributed by atoms with Gasteiger partial charge in [0, 0.05) is 11.1 Å². The van der Waals surface area contributed by atoms with Gasteiger partial charge in [-0.3, -0.25) is 11.3 Å². The molecule has 1 aromatic rings. The first-order chi connectivity index (χ1) is 6.72. The average Bonchev–Trinajstić information content (AvgIpc) is 2.96. The molecule has 0 spiro atoms. The van der Waals surface area contributed by atoms with Crippen molar-refractivity contribution in [3.05, 3.63) is 34.3 Å². The molecule has 0 bridgehead atoms. The molecule has 3 heteroatoms. The molecule has 14 heavy (non-hydrogen) atoms. The molecule has 1 unspecified atom stereocenters. The second kappa shape index (κ2) is 3.89. The number of nitrogens with two attached hydrogens (primary N) is 1. The zero-order valence-electron chi connectivity index (χ0n) is 8.26. The summed E-state index contributed by atoms with van der Waals surface area (Å²) < 4.78 is 0. The quantitative estimate of drug-likeness (QED) is 0.595. The Labute approximate surface area is 89.4 Å². The maximum Gasteiger partial charge on any atom is 0.0488 e. The van der Waals surface area contributed by atoms with Crippen LogP contribution in [-0.4, -0.2) is 0 Å². The summed E-state index contributed by atoms with van der Waals surface area (Å²) in [6, 6.07) is 6.41. The number of benzene rings is 1. The van der Waals surface area contributed by atoms with Gasteiger partial charge in [0.2, 0.25) is 0 Å². The standard InChI is InChI=1S/C11H15ClN2/c1-7-6-9(4-5-10(7)12)11(14-13)8-2-3-8/h4-6,8,11,14H,2-3,13H2,1H3. The summed E-state index contributed by atoms with van der Waals surface area (Å²) in [5, 5.41) is 0.820. The summed E-state index contributed by atoms with van der Waals surface area (Å²) in [5.74, 6) is 6.26. The molecule has 1 atom stereocenters. The highest BCUT2D eigenvalue weighted by molar-refractivity contribution is 6.31. The predicted octanol–water partition coefficient (Wildman–Crippen LogP) is 2.56. The second-order valence-electron chi connectivity index (χ2n) is 3.99. The van der Waals surface area contributed by atoms with Crippen LogP contribution in [0.5, 0.6) is 0 Å². The molecule has 0 radical (unpaired) electrons. The first-order valence-electron chi connectivity index (χ1n) is 4.94. The largest absolute Gasteiger partial charge is 0.271 e. The molecule has 2 rings (SSSR count). The molecule has 1 saturated carbocycles. The highest BCUT2D eigenvalue weighted by atomic mass is 35.5.